The molecule has 1 amide bonds. The number of rotatable bonds is 4. The first kappa shape index (κ1) is 18.7. The Hall–Kier alpha value is -3.02. The summed E-state index contributed by atoms with van der Waals surface area (Å²) in [6, 6.07) is 11.2. The molecule has 0 atom stereocenters. The summed E-state index contributed by atoms with van der Waals surface area (Å²) in [5, 5.41) is 3.46. The molecular weight excluding hydrogens is 388 g/mol. The van der Waals surface area contributed by atoms with E-state index >= 15 is 0 Å². The smallest absolute Gasteiger partial charge is 0.251 e. The highest BCUT2D eigenvalue weighted by Gasteiger charge is 2.51. The normalized spacial score (nSPS) is 28.7. The summed E-state index contributed by atoms with van der Waals surface area (Å²) < 4.78 is 5.47. The number of nitrogen functional groups attached to an aromatic ring is 1. The Morgan fingerprint density at radius 3 is 2.48 bits per heavy atom. The van der Waals surface area contributed by atoms with Crippen molar-refractivity contribution in [1.29, 1.82) is 0 Å². The molecule has 4 saturated carbocycles. The molecular formula is C25H28N4O2. The predicted molar refractivity (Wildman–Crippen MR) is 121 cm³/mol. The number of hydrogen-bond donors (Lipinski definition) is 3. The number of carbonyl (C=O) groups excluding carboxylic acids is 1. The van der Waals surface area contributed by atoms with Crippen LogP contribution < -0.4 is 15.8 Å². The van der Waals surface area contributed by atoms with Crippen LogP contribution in [0.3, 0.4) is 0 Å². The zero-order valence-electron chi connectivity index (χ0n) is 17.8. The highest BCUT2D eigenvalue weighted by molar-refractivity contribution is 5.98. The summed E-state index contributed by atoms with van der Waals surface area (Å²) in [6.07, 6.45) is 7.56. The lowest BCUT2D eigenvalue weighted by Crippen LogP contribution is -2.59. The summed E-state index contributed by atoms with van der Waals surface area (Å²) in [5.41, 5.74) is 9.71. The van der Waals surface area contributed by atoms with Gasteiger partial charge in [-0.1, -0.05) is 0 Å². The number of imidazole rings is 1. The Morgan fingerprint density at radius 1 is 1.10 bits per heavy atom. The van der Waals surface area contributed by atoms with Gasteiger partial charge in [-0.2, -0.15) is 0 Å². The molecule has 160 valence electrons. The number of benzene rings is 2. The van der Waals surface area contributed by atoms with Crippen molar-refractivity contribution in [2.75, 3.05) is 12.8 Å². The van der Waals surface area contributed by atoms with E-state index in [9.17, 15) is 4.79 Å². The number of nitrogens with zero attached hydrogens (tertiary/aromatic N) is 1. The molecule has 0 spiro atoms. The molecule has 0 saturated heterocycles. The fourth-order valence-electron chi connectivity index (χ4n) is 6.76. The maximum Gasteiger partial charge on any atom is 0.251 e. The summed E-state index contributed by atoms with van der Waals surface area (Å²) >= 11 is 0. The van der Waals surface area contributed by atoms with E-state index in [0.717, 1.165) is 53.6 Å². The van der Waals surface area contributed by atoms with Gasteiger partial charge < -0.3 is 20.8 Å². The van der Waals surface area contributed by atoms with Gasteiger partial charge in [-0.15, -0.1) is 0 Å². The van der Waals surface area contributed by atoms with Crippen molar-refractivity contribution >= 4 is 22.6 Å². The second-order valence-corrected chi connectivity index (χ2v) is 9.93. The number of hydrogen-bond acceptors (Lipinski definition) is 4. The Balaban J connectivity index is 1.28. The summed E-state index contributed by atoms with van der Waals surface area (Å²) in [5.74, 6) is 3.81. The summed E-state index contributed by atoms with van der Waals surface area (Å²) in [4.78, 5) is 21.3. The number of carbonyl (C=O) groups is 1. The standard InChI is InChI=1S/C25H28N4O2/c1-31-22-10-18(26)3-4-19(22)23-27-20-5-2-17(9-21(20)28-23)24(30)29-25-11-14-6-15(12-25)8-16(7-14)13-25/h2-5,9-10,14-16H,6-8,11-13,26H2,1H3,(H,27,28)(H,29,30). The number of nitrogens with one attached hydrogen (secondary N) is 2. The lowest BCUT2D eigenvalue weighted by atomic mass is 9.53. The minimum atomic E-state index is 0.0112. The third-order valence-electron chi connectivity index (χ3n) is 7.64. The van der Waals surface area contributed by atoms with Gasteiger partial charge in [-0.05, 0) is 86.6 Å². The van der Waals surface area contributed by atoms with Crippen LogP contribution >= 0.6 is 0 Å². The van der Waals surface area contributed by atoms with Crippen molar-refractivity contribution in [3.8, 4) is 17.1 Å². The van der Waals surface area contributed by atoms with Crippen molar-refractivity contribution in [1.82, 2.24) is 15.3 Å². The number of methoxy groups -OCH3 is 1. The average Bonchev–Trinajstić information content (AvgIpc) is 3.15. The van der Waals surface area contributed by atoms with Crippen LogP contribution in [-0.2, 0) is 0 Å². The lowest BCUT2D eigenvalue weighted by Gasteiger charge is -2.56. The molecule has 4 N–H and O–H groups in total. The van der Waals surface area contributed by atoms with Gasteiger partial charge in [-0.25, -0.2) is 4.98 Å². The molecule has 7 rings (SSSR count). The molecule has 0 unspecified atom stereocenters. The first-order chi connectivity index (χ1) is 15.0. The number of aromatic nitrogens is 2. The van der Waals surface area contributed by atoms with Crippen LogP contribution in [0.2, 0.25) is 0 Å². The number of amides is 1. The number of fused-ring (bicyclic) bond motifs is 1. The number of H-pyrrole nitrogens is 1. The van der Waals surface area contributed by atoms with Gasteiger partial charge in [-0.3, -0.25) is 4.79 Å². The second-order valence-electron chi connectivity index (χ2n) is 9.93. The first-order valence-corrected chi connectivity index (χ1v) is 11.3. The van der Waals surface area contributed by atoms with E-state index in [-0.39, 0.29) is 11.4 Å². The van der Waals surface area contributed by atoms with Crippen molar-refractivity contribution in [2.24, 2.45) is 17.8 Å². The number of ether oxygens (including phenoxy) is 1. The molecule has 1 heterocycles. The lowest BCUT2D eigenvalue weighted by molar-refractivity contribution is -0.0167. The van der Waals surface area contributed by atoms with E-state index in [1.54, 1.807) is 13.2 Å². The summed E-state index contributed by atoms with van der Waals surface area (Å²) in [6.45, 7) is 0. The van der Waals surface area contributed by atoms with Crippen LogP contribution in [0.4, 0.5) is 5.69 Å². The summed E-state index contributed by atoms with van der Waals surface area (Å²) in [7, 11) is 1.62. The number of anilines is 1. The van der Waals surface area contributed by atoms with E-state index in [0.29, 0.717) is 22.8 Å². The third kappa shape index (κ3) is 3.16. The highest BCUT2D eigenvalue weighted by atomic mass is 16.5. The van der Waals surface area contributed by atoms with Crippen LogP contribution in [0.1, 0.15) is 48.9 Å². The van der Waals surface area contributed by atoms with Crippen molar-refractivity contribution < 1.29 is 9.53 Å². The minimum Gasteiger partial charge on any atom is -0.496 e. The number of aromatic amines is 1. The van der Waals surface area contributed by atoms with Gasteiger partial charge in [0.05, 0.1) is 23.7 Å². The molecule has 4 aliphatic rings. The highest BCUT2D eigenvalue weighted by Crippen LogP contribution is 2.55. The van der Waals surface area contributed by atoms with Crippen molar-refractivity contribution in [3.05, 3.63) is 42.0 Å². The fraction of sp³-hybridized carbons (Fsp3) is 0.440. The molecule has 3 aromatic rings. The molecule has 31 heavy (non-hydrogen) atoms. The Kier molecular flexibility index (Phi) is 4.07. The van der Waals surface area contributed by atoms with E-state index in [1.807, 2.05) is 30.3 Å². The molecule has 4 fully saturated rings. The van der Waals surface area contributed by atoms with Crippen LogP contribution in [-0.4, -0.2) is 28.5 Å². The largest absolute Gasteiger partial charge is 0.496 e. The quantitative estimate of drug-likeness (QED) is 0.545. The third-order valence-corrected chi connectivity index (χ3v) is 7.64. The van der Waals surface area contributed by atoms with E-state index in [4.69, 9.17) is 15.5 Å². The SMILES string of the molecule is COc1cc(N)ccc1-c1nc2ccc(C(=O)NC34CC5CC(CC(C5)C3)C4)cc2[nH]1. The van der Waals surface area contributed by atoms with Gasteiger partial charge in [0, 0.05) is 22.9 Å². The van der Waals surface area contributed by atoms with E-state index in [1.165, 1.54) is 19.3 Å². The van der Waals surface area contributed by atoms with Crippen LogP contribution in [0.25, 0.3) is 22.4 Å². The Labute approximate surface area is 181 Å². The van der Waals surface area contributed by atoms with E-state index < -0.39 is 0 Å². The van der Waals surface area contributed by atoms with Crippen LogP contribution in [0, 0.1) is 17.8 Å². The monoisotopic (exact) mass is 416 g/mol. The Bertz CT molecular complexity index is 1150. The molecule has 2 aromatic carbocycles. The average molecular weight is 417 g/mol. The Morgan fingerprint density at radius 2 is 1.81 bits per heavy atom. The van der Waals surface area contributed by atoms with Crippen LogP contribution in [0.5, 0.6) is 5.75 Å². The molecule has 0 aliphatic heterocycles. The predicted octanol–water partition coefficient (Wildman–Crippen LogP) is 4.52. The molecule has 0 radical (unpaired) electrons. The van der Waals surface area contributed by atoms with Crippen molar-refractivity contribution in [3.63, 3.8) is 0 Å². The maximum atomic E-state index is 13.2. The minimum absolute atomic E-state index is 0.0112. The molecule has 4 bridgehead atoms. The zero-order valence-corrected chi connectivity index (χ0v) is 17.8. The van der Waals surface area contributed by atoms with Crippen molar-refractivity contribution in [2.45, 2.75) is 44.1 Å². The molecule has 6 heteroatoms. The topological polar surface area (TPSA) is 93.0 Å². The van der Waals surface area contributed by atoms with Gasteiger partial charge in [0.2, 0.25) is 0 Å². The van der Waals surface area contributed by atoms with Gasteiger partial charge >= 0.3 is 0 Å². The van der Waals surface area contributed by atoms with Gasteiger partial charge in [0.1, 0.15) is 11.6 Å². The fourth-order valence-corrected chi connectivity index (χ4v) is 6.76. The van der Waals surface area contributed by atoms with E-state index in [2.05, 4.69) is 10.3 Å². The number of nitrogens with two attached hydrogens (primary N) is 1. The van der Waals surface area contributed by atoms with Gasteiger partial charge in [0.15, 0.2) is 0 Å². The van der Waals surface area contributed by atoms with Crippen LogP contribution in [0.15, 0.2) is 36.4 Å². The first-order valence-electron chi connectivity index (χ1n) is 11.3. The molecule has 6 nitrogen and oxygen atoms in total. The molecule has 1 aromatic heterocycles. The zero-order chi connectivity index (χ0) is 21.2. The second kappa shape index (κ2) is 6.74. The maximum absolute atomic E-state index is 13.2. The molecule has 4 aliphatic carbocycles. The van der Waals surface area contributed by atoms with Gasteiger partial charge in [0.25, 0.3) is 5.91 Å².